The van der Waals surface area contributed by atoms with Crippen molar-refractivity contribution in [2.45, 2.75) is 84.0 Å². The molecule has 0 spiro atoms. The number of ether oxygens (including phenoxy) is 2. The van der Waals surface area contributed by atoms with E-state index >= 15 is 0 Å². The smallest absolute Gasteiger partial charge is 0.345 e. The van der Waals surface area contributed by atoms with Crippen molar-refractivity contribution in [3.05, 3.63) is 58.6 Å². The number of nitrogens with one attached hydrogen (secondary N) is 2. The lowest BCUT2D eigenvalue weighted by molar-refractivity contribution is -0.126. The molecule has 2 rings (SSSR count). The number of nitrogens with zero attached hydrogens (tertiary/aromatic N) is 1. The van der Waals surface area contributed by atoms with Crippen LogP contribution in [-0.2, 0) is 9.59 Å². The Labute approximate surface area is 242 Å². The van der Waals surface area contributed by atoms with Crippen LogP contribution in [0.3, 0.4) is 0 Å². The second kappa shape index (κ2) is 19.6. The second-order valence-corrected chi connectivity index (χ2v) is 10.0. The van der Waals surface area contributed by atoms with Gasteiger partial charge in [-0.3, -0.25) is 9.59 Å². The lowest BCUT2D eigenvalue weighted by Gasteiger charge is -2.10. The van der Waals surface area contributed by atoms with E-state index in [1.807, 2.05) is 0 Å². The summed E-state index contributed by atoms with van der Waals surface area (Å²) in [6.45, 7) is 2.09. The SMILES string of the molecule is CCCCCCCCCCCCCC(=O)NCC(=O)NN=Cc1ccc(OC(=O)c2ccccc2Cl)c(OC)c1. The zero-order chi connectivity index (χ0) is 29.0. The maximum absolute atomic E-state index is 12.4. The van der Waals surface area contributed by atoms with Crippen LogP contribution in [0.4, 0.5) is 0 Å². The summed E-state index contributed by atoms with van der Waals surface area (Å²) in [5, 5.41) is 6.83. The maximum atomic E-state index is 12.4. The molecule has 2 aromatic carbocycles. The molecule has 0 aliphatic rings. The average molecular weight is 572 g/mol. The minimum absolute atomic E-state index is 0.137. The molecular weight excluding hydrogens is 530 g/mol. The van der Waals surface area contributed by atoms with E-state index in [-0.39, 0.29) is 28.8 Å². The van der Waals surface area contributed by atoms with Gasteiger partial charge in [0, 0.05) is 6.42 Å². The molecule has 0 saturated heterocycles. The molecule has 0 saturated carbocycles. The zero-order valence-electron chi connectivity index (χ0n) is 23.7. The van der Waals surface area contributed by atoms with Gasteiger partial charge in [-0.1, -0.05) is 94.9 Å². The van der Waals surface area contributed by atoms with Gasteiger partial charge in [0.2, 0.25) is 5.91 Å². The van der Waals surface area contributed by atoms with Gasteiger partial charge in [-0.15, -0.1) is 0 Å². The topological polar surface area (TPSA) is 106 Å². The third kappa shape index (κ3) is 13.1. The van der Waals surface area contributed by atoms with Gasteiger partial charge in [-0.05, 0) is 42.3 Å². The third-order valence-electron chi connectivity index (χ3n) is 6.34. The summed E-state index contributed by atoms with van der Waals surface area (Å²) in [5.41, 5.74) is 3.23. The summed E-state index contributed by atoms with van der Waals surface area (Å²) in [5.74, 6) is -0.648. The quantitative estimate of drug-likeness (QED) is 0.0631. The van der Waals surface area contributed by atoms with E-state index in [9.17, 15) is 14.4 Å². The van der Waals surface area contributed by atoms with Gasteiger partial charge in [0.05, 0.1) is 30.5 Å². The molecule has 0 fully saturated rings. The first kappa shape index (κ1) is 32.8. The second-order valence-electron chi connectivity index (χ2n) is 9.64. The molecule has 0 unspecified atom stereocenters. The molecule has 0 aromatic heterocycles. The fraction of sp³-hybridized carbons (Fsp3) is 0.484. The Morgan fingerprint density at radius 1 is 0.850 bits per heavy atom. The highest BCUT2D eigenvalue weighted by atomic mass is 35.5. The molecule has 2 amide bonds. The number of hydrogen-bond acceptors (Lipinski definition) is 6. The summed E-state index contributed by atoms with van der Waals surface area (Å²) < 4.78 is 10.7. The molecule has 0 bridgehead atoms. The molecule has 2 N–H and O–H groups in total. The maximum Gasteiger partial charge on any atom is 0.345 e. The standard InChI is InChI=1S/C31H42ClN3O5/c1-3-4-5-6-7-8-9-10-11-12-13-18-29(36)33-23-30(37)35-34-22-24-19-20-27(28(21-24)39-2)40-31(38)25-16-14-15-17-26(25)32/h14-17,19-22H,3-13,18,23H2,1-2H3,(H,33,36)(H,35,37). The normalized spacial score (nSPS) is 10.9. The number of rotatable bonds is 19. The van der Waals surface area contributed by atoms with E-state index in [1.54, 1.807) is 42.5 Å². The van der Waals surface area contributed by atoms with E-state index < -0.39 is 11.9 Å². The molecule has 0 aliphatic carbocycles. The van der Waals surface area contributed by atoms with Gasteiger partial charge in [0.25, 0.3) is 5.91 Å². The van der Waals surface area contributed by atoms with Crippen LogP contribution in [-0.4, -0.2) is 37.7 Å². The first-order chi connectivity index (χ1) is 19.4. The number of methoxy groups -OCH3 is 1. The zero-order valence-corrected chi connectivity index (χ0v) is 24.4. The highest BCUT2D eigenvalue weighted by Crippen LogP contribution is 2.29. The Hall–Kier alpha value is -3.39. The number of unbranched alkanes of at least 4 members (excludes halogenated alkanes) is 10. The van der Waals surface area contributed by atoms with Crippen LogP contribution >= 0.6 is 11.6 Å². The molecule has 2 aromatic rings. The summed E-state index contributed by atoms with van der Waals surface area (Å²) in [6.07, 6.45) is 15.3. The van der Waals surface area contributed by atoms with E-state index in [0.29, 0.717) is 17.7 Å². The predicted molar refractivity (Wildman–Crippen MR) is 159 cm³/mol. The van der Waals surface area contributed by atoms with Crippen LogP contribution in [0.1, 0.15) is 99.9 Å². The molecule has 0 aliphatic heterocycles. The number of benzene rings is 2. The number of hydrogen-bond donors (Lipinski definition) is 2. The molecule has 0 atom stereocenters. The minimum Gasteiger partial charge on any atom is -0.493 e. The van der Waals surface area contributed by atoms with Crippen LogP contribution in [0.15, 0.2) is 47.6 Å². The van der Waals surface area contributed by atoms with E-state index in [4.69, 9.17) is 21.1 Å². The Bertz CT molecular complexity index is 1110. The summed E-state index contributed by atoms with van der Waals surface area (Å²) in [4.78, 5) is 36.5. The lowest BCUT2D eigenvalue weighted by atomic mass is 10.1. The molecule has 0 radical (unpaired) electrons. The lowest BCUT2D eigenvalue weighted by Crippen LogP contribution is -2.34. The summed E-state index contributed by atoms with van der Waals surface area (Å²) in [6, 6.07) is 11.4. The van der Waals surface area contributed by atoms with Gasteiger partial charge < -0.3 is 14.8 Å². The number of carbonyl (C=O) groups is 3. The van der Waals surface area contributed by atoms with E-state index in [0.717, 1.165) is 19.3 Å². The summed E-state index contributed by atoms with van der Waals surface area (Å²) in [7, 11) is 1.45. The van der Waals surface area contributed by atoms with Gasteiger partial charge >= 0.3 is 5.97 Å². The molecule has 8 nitrogen and oxygen atoms in total. The van der Waals surface area contributed by atoms with Crippen LogP contribution in [0.5, 0.6) is 11.5 Å². The van der Waals surface area contributed by atoms with E-state index in [1.165, 1.54) is 64.7 Å². The molecule has 9 heteroatoms. The first-order valence-corrected chi connectivity index (χ1v) is 14.6. The summed E-state index contributed by atoms with van der Waals surface area (Å²) >= 11 is 6.06. The largest absolute Gasteiger partial charge is 0.493 e. The Morgan fingerprint density at radius 2 is 1.50 bits per heavy atom. The number of amides is 2. The van der Waals surface area contributed by atoms with Gasteiger partial charge in [0.15, 0.2) is 11.5 Å². The Kier molecular flexibility index (Phi) is 16.1. The van der Waals surface area contributed by atoms with E-state index in [2.05, 4.69) is 22.8 Å². The Morgan fingerprint density at radius 3 is 2.15 bits per heavy atom. The fourth-order valence-corrected chi connectivity index (χ4v) is 4.28. The highest BCUT2D eigenvalue weighted by Gasteiger charge is 2.15. The van der Waals surface area contributed by atoms with Crippen molar-refractivity contribution in [3.63, 3.8) is 0 Å². The van der Waals surface area contributed by atoms with Crippen molar-refractivity contribution in [1.82, 2.24) is 10.7 Å². The Balaban J connectivity index is 1.63. The van der Waals surface area contributed by atoms with Crippen molar-refractivity contribution in [2.75, 3.05) is 13.7 Å². The molecule has 40 heavy (non-hydrogen) atoms. The van der Waals surface area contributed by atoms with Crippen molar-refractivity contribution in [3.8, 4) is 11.5 Å². The molecule has 218 valence electrons. The number of halogens is 1. The van der Waals surface area contributed by atoms with Crippen molar-refractivity contribution in [1.29, 1.82) is 0 Å². The van der Waals surface area contributed by atoms with Gasteiger partial charge in [-0.2, -0.15) is 5.10 Å². The van der Waals surface area contributed by atoms with Crippen molar-refractivity contribution >= 4 is 35.6 Å². The first-order valence-electron chi connectivity index (χ1n) is 14.2. The van der Waals surface area contributed by atoms with Crippen LogP contribution in [0.25, 0.3) is 0 Å². The van der Waals surface area contributed by atoms with Crippen molar-refractivity contribution < 1.29 is 23.9 Å². The fourth-order valence-electron chi connectivity index (χ4n) is 4.07. The average Bonchev–Trinajstić information content (AvgIpc) is 2.95. The number of esters is 1. The van der Waals surface area contributed by atoms with Gasteiger partial charge in [0.1, 0.15) is 0 Å². The molecular formula is C31H42ClN3O5. The van der Waals surface area contributed by atoms with Crippen molar-refractivity contribution in [2.24, 2.45) is 5.10 Å². The van der Waals surface area contributed by atoms with Crippen LogP contribution in [0.2, 0.25) is 5.02 Å². The van der Waals surface area contributed by atoms with Crippen LogP contribution < -0.4 is 20.2 Å². The third-order valence-corrected chi connectivity index (χ3v) is 6.67. The van der Waals surface area contributed by atoms with Gasteiger partial charge in [-0.25, -0.2) is 10.2 Å². The minimum atomic E-state index is -0.608. The predicted octanol–water partition coefficient (Wildman–Crippen LogP) is 6.84. The number of hydrazone groups is 1. The monoisotopic (exact) mass is 571 g/mol. The number of carbonyl (C=O) groups excluding carboxylic acids is 3. The highest BCUT2D eigenvalue weighted by molar-refractivity contribution is 6.33. The molecule has 0 heterocycles. The van der Waals surface area contributed by atoms with Crippen LogP contribution in [0, 0.1) is 0 Å².